The van der Waals surface area contributed by atoms with Gasteiger partial charge in [-0.2, -0.15) is 5.10 Å². The van der Waals surface area contributed by atoms with Gasteiger partial charge in [-0.15, -0.1) is 0 Å². The molecule has 0 spiro atoms. The highest BCUT2D eigenvalue weighted by molar-refractivity contribution is 6.31. The van der Waals surface area contributed by atoms with E-state index in [-0.39, 0.29) is 0 Å². The summed E-state index contributed by atoms with van der Waals surface area (Å²) in [5, 5.41) is 5.13. The first kappa shape index (κ1) is 13.0. The molecule has 0 radical (unpaired) electrons. The number of aromatic nitrogens is 4. The van der Waals surface area contributed by atoms with E-state index >= 15 is 0 Å². The number of aryl methyl sites for hydroxylation is 2. The number of nitrogens with two attached hydrogens (primary N) is 1. The summed E-state index contributed by atoms with van der Waals surface area (Å²) in [6, 6.07) is 5.60. The number of nitrogen functional groups attached to an aromatic ring is 1. The van der Waals surface area contributed by atoms with E-state index in [2.05, 4.69) is 35.0 Å². The Bertz CT molecular complexity index is 771. The molecular formula is C14H16ClN5. The quantitative estimate of drug-likeness (QED) is 0.727. The van der Waals surface area contributed by atoms with Crippen molar-refractivity contribution in [2.75, 3.05) is 5.73 Å². The van der Waals surface area contributed by atoms with Crippen LogP contribution in [0.15, 0.2) is 18.2 Å². The lowest BCUT2D eigenvalue weighted by Crippen LogP contribution is -2.00. The largest absolute Gasteiger partial charge is 0.397 e. The van der Waals surface area contributed by atoms with Crippen LogP contribution in [0.5, 0.6) is 0 Å². The molecule has 2 aromatic heterocycles. The zero-order valence-corrected chi connectivity index (χ0v) is 12.2. The van der Waals surface area contributed by atoms with E-state index in [1.165, 1.54) is 0 Å². The minimum Gasteiger partial charge on any atom is -0.397 e. The molecule has 20 heavy (non-hydrogen) atoms. The second kappa shape index (κ2) is 4.83. The fraction of sp³-hybridized carbons (Fsp3) is 0.286. The van der Waals surface area contributed by atoms with Crippen molar-refractivity contribution < 1.29 is 0 Å². The van der Waals surface area contributed by atoms with Gasteiger partial charge in [-0.05, 0) is 31.5 Å². The van der Waals surface area contributed by atoms with Crippen molar-refractivity contribution in [3.8, 4) is 11.5 Å². The van der Waals surface area contributed by atoms with E-state index in [9.17, 15) is 0 Å². The van der Waals surface area contributed by atoms with Crippen LogP contribution in [0.2, 0.25) is 5.02 Å². The second-order valence-electron chi connectivity index (χ2n) is 4.67. The summed E-state index contributed by atoms with van der Waals surface area (Å²) >= 11 is 6.02. The summed E-state index contributed by atoms with van der Waals surface area (Å²) in [6.07, 6.45) is 0.897. The third-order valence-corrected chi connectivity index (χ3v) is 3.53. The summed E-state index contributed by atoms with van der Waals surface area (Å²) in [6.45, 7) is 4.94. The van der Waals surface area contributed by atoms with Gasteiger partial charge in [0.15, 0.2) is 5.82 Å². The highest BCUT2D eigenvalue weighted by Crippen LogP contribution is 2.27. The van der Waals surface area contributed by atoms with E-state index in [0.717, 1.165) is 41.2 Å². The van der Waals surface area contributed by atoms with Crippen LogP contribution in [0.4, 0.5) is 5.69 Å². The number of fused-ring (bicyclic) bond motifs is 1. The van der Waals surface area contributed by atoms with Crippen molar-refractivity contribution in [1.29, 1.82) is 0 Å². The summed E-state index contributed by atoms with van der Waals surface area (Å²) in [5.74, 6) is 0.767. The molecule has 0 aliphatic rings. The minimum atomic E-state index is 0.577. The van der Waals surface area contributed by atoms with Gasteiger partial charge < -0.3 is 10.7 Å². The molecule has 5 nitrogen and oxygen atoms in total. The Balaban J connectivity index is 2.19. The molecule has 0 fully saturated rings. The smallest absolute Gasteiger partial charge is 0.156 e. The molecule has 3 aromatic rings. The predicted octanol–water partition coefficient (Wildman–Crippen LogP) is 3.24. The lowest BCUT2D eigenvalue weighted by atomic mass is 10.3. The molecule has 3 N–H and O–H groups in total. The summed E-state index contributed by atoms with van der Waals surface area (Å²) < 4.78 is 1.94. The molecule has 2 heterocycles. The molecular weight excluding hydrogens is 274 g/mol. The van der Waals surface area contributed by atoms with Crippen molar-refractivity contribution in [1.82, 2.24) is 19.7 Å². The number of anilines is 1. The van der Waals surface area contributed by atoms with Crippen LogP contribution in [0, 0.1) is 0 Å². The van der Waals surface area contributed by atoms with E-state index in [4.69, 9.17) is 17.3 Å². The first-order valence-electron chi connectivity index (χ1n) is 6.64. The van der Waals surface area contributed by atoms with Gasteiger partial charge >= 0.3 is 0 Å². The Morgan fingerprint density at radius 1 is 1.30 bits per heavy atom. The number of benzene rings is 1. The molecule has 0 atom stereocenters. The predicted molar refractivity (Wildman–Crippen MR) is 81.8 cm³/mol. The number of nitrogens with one attached hydrogen (secondary N) is 1. The molecule has 0 aliphatic carbocycles. The normalized spacial score (nSPS) is 11.3. The number of aromatic amines is 1. The van der Waals surface area contributed by atoms with Gasteiger partial charge in [-0.1, -0.05) is 18.5 Å². The molecule has 0 aliphatic heterocycles. The number of imidazole rings is 1. The zero-order valence-electron chi connectivity index (χ0n) is 11.4. The Kier molecular flexibility index (Phi) is 3.14. The van der Waals surface area contributed by atoms with Crippen LogP contribution >= 0.6 is 11.6 Å². The van der Waals surface area contributed by atoms with Crippen LogP contribution in [-0.2, 0) is 13.0 Å². The molecule has 0 saturated carbocycles. The zero-order chi connectivity index (χ0) is 14.3. The Morgan fingerprint density at radius 2 is 2.10 bits per heavy atom. The molecule has 0 bridgehead atoms. The minimum absolute atomic E-state index is 0.577. The highest BCUT2D eigenvalue weighted by Gasteiger charge is 2.14. The third kappa shape index (κ3) is 2.04. The first-order valence-corrected chi connectivity index (χ1v) is 7.02. The first-order chi connectivity index (χ1) is 9.62. The Labute approximate surface area is 121 Å². The molecule has 6 heteroatoms. The Morgan fingerprint density at radius 3 is 2.80 bits per heavy atom. The van der Waals surface area contributed by atoms with E-state index in [1.54, 1.807) is 6.07 Å². The Hall–Kier alpha value is -2.01. The van der Waals surface area contributed by atoms with Gasteiger partial charge in [0.2, 0.25) is 0 Å². The third-order valence-electron chi connectivity index (χ3n) is 3.32. The summed E-state index contributed by atoms with van der Waals surface area (Å²) in [5.41, 5.74) is 10.1. The topological polar surface area (TPSA) is 72.5 Å². The van der Waals surface area contributed by atoms with Crippen molar-refractivity contribution in [2.24, 2.45) is 0 Å². The van der Waals surface area contributed by atoms with Crippen molar-refractivity contribution in [2.45, 2.75) is 26.8 Å². The van der Waals surface area contributed by atoms with Gasteiger partial charge in [0.1, 0.15) is 11.2 Å². The maximum absolute atomic E-state index is 6.02. The molecule has 0 amide bonds. The van der Waals surface area contributed by atoms with Crippen LogP contribution in [0.25, 0.3) is 22.6 Å². The molecule has 3 rings (SSSR count). The van der Waals surface area contributed by atoms with Crippen LogP contribution < -0.4 is 5.73 Å². The van der Waals surface area contributed by atoms with Crippen LogP contribution in [0.1, 0.15) is 19.5 Å². The lowest BCUT2D eigenvalue weighted by molar-refractivity contribution is 0.653. The monoisotopic (exact) mass is 289 g/mol. The highest BCUT2D eigenvalue weighted by atomic mass is 35.5. The fourth-order valence-electron chi connectivity index (χ4n) is 2.30. The number of nitrogens with zero attached hydrogens (tertiary/aromatic N) is 3. The van der Waals surface area contributed by atoms with E-state index in [0.29, 0.717) is 10.7 Å². The number of halogens is 1. The standard InChI is InChI=1S/C14H16ClN5/c1-3-9-7-12(20(4-2)19-9)14-17-11-6-8(15)5-10(16)13(11)18-14/h5-7H,3-4,16H2,1-2H3,(H,17,18). The number of hydrogen-bond acceptors (Lipinski definition) is 3. The molecule has 104 valence electrons. The lowest BCUT2D eigenvalue weighted by Gasteiger charge is -2.00. The second-order valence-corrected chi connectivity index (χ2v) is 5.10. The average Bonchev–Trinajstić information content (AvgIpc) is 3.01. The number of hydrogen-bond donors (Lipinski definition) is 2. The molecule has 0 unspecified atom stereocenters. The number of H-pyrrole nitrogens is 1. The van der Waals surface area contributed by atoms with E-state index in [1.807, 2.05) is 10.7 Å². The van der Waals surface area contributed by atoms with Crippen LogP contribution in [-0.4, -0.2) is 19.7 Å². The average molecular weight is 290 g/mol. The molecule has 1 aromatic carbocycles. The SMILES string of the molecule is CCc1cc(-c2nc3c(N)cc(Cl)cc3[nH]2)n(CC)n1. The van der Waals surface area contributed by atoms with Crippen molar-refractivity contribution in [3.63, 3.8) is 0 Å². The van der Waals surface area contributed by atoms with Gasteiger partial charge in [-0.25, -0.2) is 4.98 Å². The van der Waals surface area contributed by atoms with Crippen molar-refractivity contribution in [3.05, 3.63) is 28.9 Å². The van der Waals surface area contributed by atoms with Crippen molar-refractivity contribution >= 4 is 28.3 Å². The van der Waals surface area contributed by atoms with Gasteiger partial charge in [0.25, 0.3) is 0 Å². The maximum atomic E-state index is 6.02. The van der Waals surface area contributed by atoms with Gasteiger partial charge in [-0.3, -0.25) is 4.68 Å². The summed E-state index contributed by atoms with van der Waals surface area (Å²) in [7, 11) is 0. The summed E-state index contributed by atoms with van der Waals surface area (Å²) in [4.78, 5) is 7.85. The number of rotatable bonds is 3. The van der Waals surface area contributed by atoms with E-state index < -0.39 is 0 Å². The fourth-order valence-corrected chi connectivity index (χ4v) is 2.53. The molecule has 0 saturated heterocycles. The van der Waals surface area contributed by atoms with Crippen LogP contribution in [0.3, 0.4) is 0 Å². The van der Waals surface area contributed by atoms with Gasteiger partial charge in [0, 0.05) is 11.6 Å². The van der Waals surface area contributed by atoms with Gasteiger partial charge in [0.05, 0.1) is 16.9 Å². The maximum Gasteiger partial charge on any atom is 0.156 e.